The molecule has 1 aliphatic heterocycles. The average Bonchev–Trinajstić information content (AvgIpc) is 3.09. The summed E-state index contributed by atoms with van der Waals surface area (Å²) >= 11 is 6.31. The van der Waals surface area contributed by atoms with E-state index in [1.807, 2.05) is 30.3 Å². The highest BCUT2D eigenvalue weighted by molar-refractivity contribution is 6.33. The first-order chi connectivity index (χ1) is 16.8. The Kier molecular flexibility index (Phi) is 7.12. The number of guanidine groups is 1. The van der Waals surface area contributed by atoms with E-state index >= 15 is 0 Å². The monoisotopic (exact) mass is 490 g/mol. The third-order valence-electron chi connectivity index (χ3n) is 5.80. The van der Waals surface area contributed by atoms with Crippen molar-refractivity contribution in [2.24, 2.45) is 16.6 Å². The molecule has 1 unspecified atom stereocenters. The largest absolute Gasteiger partial charge is 0.369 e. The number of rotatable bonds is 8. The molecule has 4 rings (SSSR count). The molecule has 2 heterocycles. The molecule has 9 heteroatoms. The van der Waals surface area contributed by atoms with Crippen molar-refractivity contribution in [3.05, 3.63) is 94.5 Å². The van der Waals surface area contributed by atoms with Gasteiger partial charge in [0, 0.05) is 12.4 Å². The molecule has 8 nitrogen and oxygen atoms in total. The Hall–Kier alpha value is -3.78. The normalized spacial score (nSPS) is 17.5. The molecule has 0 fully saturated rings. The van der Waals surface area contributed by atoms with Gasteiger partial charge in [0.1, 0.15) is 0 Å². The molecular weight excluding hydrogens is 464 g/mol. The molecule has 0 saturated heterocycles. The molecule has 0 bridgehead atoms. The van der Waals surface area contributed by atoms with Gasteiger partial charge >= 0.3 is 0 Å². The molecule has 2 aromatic carbocycles. The van der Waals surface area contributed by atoms with Crippen molar-refractivity contribution in [3.63, 3.8) is 0 Å². The number of benzene rings is 2. The number of hydrogen-bond acceptors (Lipinski definition) is 6. The van der Waals surface area contributed by atoms with Crippen LogP contribution >= 0.6 is 11.6 Å². The van der Waals surface area contributed by atoms with E-state index in [2.05, 4.69) is 34.1 Å². The summed E-state index contributed by atoms with van der Waals surface area (Å²) < 4.78 is 0. The fourth-order valence-electron chi connectivity index (χ4n) is 4.24. The van der Waals surface area contributed by atoms with Crippen LogP contribution in [0.3, 0.4) is 0 Å². The molecule has 0 saturated carbocycles. The first-order valence-electron chi connectivity index (χ1n) is 11.3. The minimum atomic E-state index is -1.07. The number of nitrogens with one attached hydrogen (secondary N) is 1. The predicted octanol–water partition coefficient (Wildman–Crippen LogP) is 3.66. The van der Waals surface area contributed by atoms with Crippen LogP contribution in [0.5, 0.6) is 0 Å². The van der Waals surface area contributed by atoms with E-state index in [1.54, 1.807) is 36.8 Å². The molecule has 180 valence electrons. The molecule has 3 N–H and O–H groups in total. The van der Waals surface area contributed by atoms with Crippen LogP contribution in [-0.4, -0.2) is 32.6 Å². The van der Waals surface area contributed by atoms with Gasteiger partial charge in [0.2, 0.25) is 0 Å². The molecule has 1 atom stereocenters. The van der Waals surface area contributed by atoms with Crippen LogP contribution in [0, 0.1) is 5.92 Å². The van der Waals surface area contributed by atoms with E-state index < -0.39 is 5.54 Å². The highest BCUT2D eigenvalue weighted by Crippen LogP contribution is 2.39. The molecule has 1 aromatic heterocycles. The number of carbonyl (C=O) groups excluding carboxylic acids is 2. The summed E-state index contributed by atoms with van der Waals surface area (Å²) in [6.45, 7) is 4.49. The minimum Gasteiger partial charge on any atom is -0.369 e. The standard InChI is InChI=1S/C26H27ClN6O2/c1-17(2)13-26(19-6-4-3-5-7-19)24(35)33(25(28)32-26)16-18-8-9-22(27)21(12-18)23(34)31-15-20-14-29-10-11-30-20/h3-12,14,17H,13,15-16H2,1-2H3,(H2,28,32)(H,31,34). The zero-order valence-corrected chi connectivity index (χ0v) is 20.4. The Balaban J connectivity index is 1.56. The first kappa shape index (κ1) is 24.3. The van der Waals surface area contributed by atoms with E-state index in [9.17, 15) is 9.59 Å². The number of halogens is 1. The smallest absolute Gasteiger partial charge is 0.262 e. The number of carbonyl (C=O) groups is 2. The predicted molar refractivity (Wildman–Crippen MR) is 134 cm³/mol. The Morgan fingerprint density at radius 1 is 1.17 bits per heavy atom. The van der Waals surface area contributed by atoms with E-state index in [0.717, 1.165) is 5.56 Å². The van der Waals surface area contributed by atoms with Gasteiger partial charge in [0.25, 0.3) is 11.8 Å². The topological polar surface area (TPSA) is 114 Å². The summed E-state index contributed by atoms with van der Waals surface area (Å²) in [5, 5.41) is 3.10. The molecule has 3 aromatic rings. The van der Waals surface area contributed by atoms with Crippen molar-refractivity contribution in [1.82, 2.24) is 20.2 Å². The van der Waals surface area contributed by atoms with Crippen molar-refractivity contribution >= 4 is 29.4 Å². The number of amides is 2. The van der Waals surface area contributed by atoms with Crippen LogP contribution in [0.15, 0.2) is 72.1 Å². The lowest BCUT2D eigenvalue weighted by Gasteiger charge is -2.28. The van der Waals surface area contributed by atoms with Gasteiger partial charge in [-0.05, 0) is 35.6 Å². The maximum Gasteiger partial charge on any atom is 0.262 e. The summed E-state index contributed by atoms with van der Waals surface area (Å²) in [7, 11) is 0. The van der Waals surface area contributed by atoms with Crippen LogP contribution in [-0.2, 0) is 23.4 Å². The summed E-state index contributed by atoms with van der Waals surface area (Å²) in [5.41, 5.74) is 7.66. The summed E-state index contributed by atoms with van der Waals surface area (Å²) in [4.78, 5) is 40.8. The van der Waals surface area contributed by atoms with Crippen LogP contribution in [0.1, 0.15) is 47.4 Å². The second-order valence-corrected chi connectivity index (χ2v) is 9.29. The quantitative estimate of drug-likeness (QED) is 0.500. The number of nitrogens with zero attached hydrogens (tertiary/aromatic N) is 4. The fourth-order valence-corrected chi connectivity index (χ4v) is 4.45. The third-order valence-corrected chi connectivity index (χ3v) is 6.13. The average molecular weight is 491 g/mol. The number of aromatic nitrogens is 2. The van der Waals surface area contributed by atoms with Gasteiger partial charge < -0.3 is 11.1 Å². The lowest BCUT2D eigenvalue weighted by molar-refractivity contribution is -0.132. The zero-order chi connectivity index (χ0) is 25.0. The van der Waals surface area contributed by atoms with Gasteiger partial charge in [-0.15, -0.1) is 0 Å². The molecular formula is C26H27ClN6O2. The minimum absolute atomic E-state index is 0.156. The maximum atomic E-state index is 13.7. The SMILES string of the molecule is CC(C)CC1(c2ccccc2)N=C(N)N(Cc2ccc(Cl)c(C(=O)NCc3cnccn3)c2)C1=O. The van der Waals surface area contributed by atoms with E-state index in [-0.39, 0.29) is 36.8 Å². The second kappa shape index (κ2) is 10.2. The zero-order valence-electron chi connectivity index (χ0n) is 19.6. The summed E-state index contributed by atoms with van der Waals surface area (Å²) in [5.74, 6) is -0.160. The van der Waals surface area contributed by atoms with Crippen LogP contribution in [0.25, 0.3) is 0 Å². The molecule has 0 aliphatic carbocycles. The highest BCUT2D eigenvalue weighted by atomic mass is 35.5. The third kappa shape index (κ3) is 5.17. The Bertz CT molecular complexity index is 1250. The van der Waals surface area contributed by atoms with Gasteiger partial charge in [-0.25, -0.2) is 4.99 Å². The van der Waals surface area contributed by atoms with Crippen molar-refractivity contribution in [3.8, 4) is 0 Å². The summed E-state index contributed by atoms with van der Waals surface area (Å²) in [6, 6.07) is 14.6. The van der Waals surface area contributed by atoms with Gasteiger partial charge in [-0.1, -0.05) is 61.8 Å². The van der Waals surface area contributed by atoms with E-state index in [4.69, 9.17) is 17.3 Å². The number of aliphatic imine (C=N–C) groups is 1. The second-order valence-electron chi connectivity index (χ2n) is 8.88. The number of hydrogen-bond donors (Lipinski definition) is 2. The van der Waals surface area contributed by atoms with E-state index in [1.165, 1.54) is 4.90 Å². The van der Waals surface area contributed by atoms with Crippen LogP contribution in [0.2, 0.25) is 5.02 Å². The van der Waals surface area contributed by atoms with Gasteiger partial charge in [-0.2, -0.15) is 0 Å². The van der Waals surface area contributed by atoms with Crippen LogP contribution in [0.4, 0.5) is 0 Å². The number of nitrogens with two attached hydrogens (primary N) is 1. The van der Waals surface area contributed by atoms with Gasteiger partial charge in [0.15, 0.2) is 11.5 Å². The first-order valence-corrected chi connectivity index (χ1v) is 11.7. The molecule has 35 heavy (non-hydrogen) atoms. The van der Waals surface area contributed by atoms with E-state index in [0.29, 0.717) is 28.3 Å². The van der Waals surface area contributed by atoms with Crippen molar-refractivity contribution in [1.29, 1.82) is 0 Å². The molecule has 1 aliphatic rings. The lowest BCUT2D eigenvalue weighted by atomic mass is 9.82. The van der Waals surface area contributed by atoms with Gasteiger partial charge in [0.05, 0.1) is 35.6 Å². The van der Waals surface area contributed by atoms with Crippen molar-refractivity contribution < 1.29 is 9.59 Å². The van der Waals surface area contributed by atoms with Crippen molar-refractivity contribution in [2.45, 2.75) is 38.9 Å². The Morgan fingerprint density at radius 2 is 1.94 bits per heavy atom. The fraction of sp³-hybridized carbons (Fsp3) is 0.269. The van der Waals surface area contributed by atoms with Gasteiger partial charge in [-0.3, -0.25) is 24.5 Å². The lowest BCUT2D eigenvalue weighted by Crippen LogP contribution is -2.43. The maximum absolute atomic E-state index is 13.7. The highest BCUT2D eigenvalue weighted by Gasteiger charge is 2.49. The Morgan fingerprint density at radius 3 is 2.63 bits per heavy atom. The Labute approximate surface area is 209 Å². The van der Waals surface area contributed by atoms with Crippen LogP contribution < -0.4 is 11.1 Å². The molecule has 2 amide bonds. The molecule has 0 radical (unpaired) electrons. The molecule has 0 spiro atoms. The van der Waals surface area contributed by atoms with Crippen molar-refractivity contribution in [2.75, 3.05) is 0 Å². The summed E-state index contributed by atoms with van der Waals surface area (Å²) in [6.07, 6.45) is 5.23.